The van der Waals surface area contributed by atoms with E-state index >= 15 is 0 Å². The SMILES string of the molecule is C/C=C\CN1CC(=O)N2[C@@H](Cc3ccc(O)cc3)C(=O)N(Cc3cccc4cccnc34)C[C@@H]2N1C(=O)NCc1ccccc1. The standard InChI is InChI=1S/C35H36N6O4/c1-2-3-19-39-24-32(43)40-30(20-25-14-16-29(42)17-15-25)34(44)38(22-28-12-7-11-27-13-8-18-36-33(27)28)23-31(40)41(39)35(45)37-21-26-9-5-4-6-10-26/h2-18,30-31,42H,19-24H2,1H3,(H,37,45)/b3-2-/t30-,31-/m0/s1. The molecule has 2 aliphatic heterocycles. The summed E-state index contributed by atoms with van der Waals surface area (Å²) in [5.74, 6) is -0.306. The molecular weight excluding hydrogens is 568 g/mol. The van der Waals surface area contributed by atoms with Gasteiger partial charge in [-0.15, -0.1) is 0 Å². The molecule has 10 heteroatoms. The minimum atomic E-state index is -0.850. The van der Waals surface area contributed by atoms with Crippen molar-refractivity contribution < 1.29 is 19.5 Å². The number of nitrogens with one attached hydrogen (secondary N) is 1. The number of piperazine rings is 1. The van der Waals surface area contributed by atoms with Gasteiger partial charge in [0, 0.05) is 37.6 Å². The Bertz CT molecular complexity index is 1710. The third kappa shape index (κ3) is 6.37. The van der Waals surface area contributed by atoms with Crippen molar-refractivity contribution >= 4 is 28.7 Å². The van der Waals surface area contributed by atoms with Gasteiger partial charge in [0.2, 0.25) is 11.8 Å². The number of phenols is 1. The first-order valence-corrected chi connectivity index (χ1v) is 15.1. The Labute approximate surface area is 262 Å². The number of hydrogen-bond acceptors (Lipinski definition) is 6. The molecule has 2 N–H and O–H groups in total. The quantitative estimate of drug-likeness (QED) is 0.294. The van der Waals surface area contributed by atoms with Crippen LogP contribution in [0.3, 0.4) is 0 Å². The monoisotopic (exact) mass is 604 g/mol. The maximum Gasteiger partial charge on any atom is 0.334 e. The Morgan fingerprint density at radius 3 is 2.53 bits per heavy atom. The molecule has 2 saturated heterocycles. The summed E-state index contributed by atoms with van der Waals surface area (Å²) >= 11 is 0. The van der Waals surface area contributed by atoms with Crippen molar-refractivity contribution in [1.82, 2.24) is 30.1 Å². The normalized spacial score (nSPS) is 18.9. The largest absolute Gasteiger partial charge is 0.508 e. The number of allylic oxidation sites excluding steroid dienone is 1. The van der Waals surface area contributed by atoms with E-state index in [4.69, 9.17) is 0 Å². The molecule has 6 rings (SSSR count). The molecule has 10 nitrogen and oxygen atoms in total. The van der Waals surface area contributed by atoms with Gasteiger partial charge in [0.25, 0.3) is 0 Å². The minimum Gasteiger partial charge on any atom is -0.508 e. The van der Waals surface area contributed by atoms with Crippen LogP contribution in [-0.4, -0.2) is 79.6 Å². The Morgan fingerprint density at radius 1 is 0.978 bits per heavy atom. The van der Waals surface area contributed by atoms with Crippen LogP contribution < -0.4 is 5.32 Å². The molecule has 2 aliphatic rings. The first-order valence-electron chi connectivity index (χ1n) is 15.1. The third-order valence-corrected chi connectivity index (χ3v) is 8.32. The summed E-state index contributed by atoms with van der Waals surface area (Å²) in [5.41, 5.74) is 3.43. The van der Waals surface area contributed by atoms with E-state index in [0.29, 0.717) is 13.1 Å². The number of nitrogens with zero attached hydrogens (tertiary/aromatic N) is 5. The summed E-state index contributed by atoms with van der Waals surface area (Å²) in [6, 6.07) is 24.8. The highest BCUT2D eigenvalue weighted by molar-refractivity contribution is 5.92. The molecule has 2 fully saturated rings. The minimum absolute atomic E-state index is 0.0494. The predicted octanol–water partition coefficient (Wildman–Crippen LogP) is 4.07. The second-order valence-corrected chi connectivity index (χ2v) is 11.3. The molecule has 230 valence electrons. The molecule has 0 spiro atoms. The van der Waals surface area contributed by atoms with E-state index in [9.17, 15) is 19.5 Å². The van der Waals surface area contributed by atoms with Crippen LogP contribution in [0.25, 0.3) is 10.9 Å². The molecule has 2 atom stereocenters. The number of rotatable bonds is 8. The van der Waals surface area contributed by atoms with Crippen molar-refractivity contribution in [2.75, 3.05) is 19.6 Å². The van der Waals surface area contributed by atoms with Gasteiger partial charge >= 0.3 is 6.03 Å². The lowest BCUT2D eigenvalue weighted by Gasteiger charge is -2.55. The van der Waals surface area contributed by atoms with Gasteiger partial charge in [0.15, 0.2) is 0 Å². The predicted molar refractivity (Wildman–Crippen MR) is 170 cm³/mol. The molecule has 0 radical (unpaired) electrons. The van der Waals surface area contributed by atoms with Crippen molar-refractivity contribution in [1.29, 1.82) is 0 Å². The highest BCUT2D eigenvalue weighted by Crippen LogP contribution is 2.30. The number of pyridine rings is 1. The van der Waals surface area contributed by atoms with Crippen LogP contribution in [0.5, 0.6) is 5.75 Å². The summed E-state index contributed by atoms with van der Waals surface area (Å²) in [4.78, 5) is 50.1. The van der Waals surface area contributed by atoms with Gasteiger partial charge in [-0.2, -0.15) is 0 Å². The van der Waals surface area contributed by atoms with Crippen molar-refractivity contribution in [3.8, 4) is 5.75 Å². The lowest BCUT2D eigenvalue weighted by atomic mass is 9.98. The van der Waals surface area contributed by atoms with Gasteiger partial charge in [0.05, 0.1) is 18.6 Å². The molecule has 1 aromatic heterocycles. The number of phenolic OH excluding ortho intramolecular Hbond substituents is 1. The van der Waals surface area contributed by atoms with Crippen LogP contribution in [0.2, 0.25) is 0 Å². The van der Waals surface area contributed by atoms with Gasteiger partial charge in [-0.1, -0.05) is 78.9 Å². The number of carbonyl (C=O) groups excluding carboxylic acids is 3. The fourth-order valence-corrected chi connectivity index (χ4v) is 6.13. The van der Waals surface area contributed by atoms with E-state index in [1.807, 2.05) is 79.7 Å². The Hall–Kier alpha value is -5.22. The van der Waals surface area contributed by atoms with E-state index in [0.717, 1.165) is 27.6 Å². The molecular formula is C35H36N6O4. The summed E-state index contributed by atoms with van der Waals surface area (Å²) in [6.07, 6.45) is 5.02. The molecule has 4 amide bonds. The number of para-hydroxylation sites is 1. The second-order valence-electron chi connectivity index (χ2n) is 11.3. The van der Waals surface area contributed by atoms with E-state index in [-0.39, 0.29) is 49.7 Å². The average molecular weight is 605 g/mol. The number of hydrazine groups is 1. The van der Waals surface area contributed by atoms with Crippen molar-refractivity contribution in [3.05, 3.63) is 120 Å². The van der Waals surface area contributed by atoms with E-state index in [1.165, 1.54) is 0 Å². The van der Waals surface area contributed by atoms with Gasteiger partial charge in [0.1, 0.15) is 18.0 Å². The van der Waals surface area contributed by atoms with Crippen LogP contribution in [0.4, 0.5) is 4.79 Å². The zero-order valence-electron chi connectivity index (χ0n) is 25.1. The molecule has 0 aliphatic carbocycles. The Morgan fingerprint density at radius 2 is 1.76 bits per heavy atom. The van der Waals surface area contributed by atoms with Crippen LogP contribution in [-0.2, 0) is 29.1 Å². The highest BCUT2D eigenvalue weighted by atomic mass is 16.3. The summed E-state index contributed by atoms with van der Waals surface area (Å²) in [6.45, 7) is 2.92. The number of aromatic nitrogens is 1. The zero-order valence-corrected chi connectivity index (χ0v) is 25.1. The summed E-state index contributed by atoms with van der Waals surface area (Å²) in [7, 11) is 0. The van der Waals surface area contributed by atoms with Crippen molar-refractivity contribution in [3.63, 3.8) is 0 Å². The third-order valence-electron chi connectivity index (χ3n) is 8.32. The molecule has 4 aromatic rings. The maximum atomic E-state index is 14.3. The van der Waals surface area contributed by atoms with Crippen molar-refractivity contribution in [2.45, 2.75) is 38.6 Å². The van der Waals surface area contributed by atoms with E-state index in [1.54, 1.807) is 50.3 Å². The summed E-state index contributed by atoms with van der Waals surface area (Å²) < 4.78 is 0. The van der Waals surface area contributed by atoms with Gasteiger partial charge < -0.3 is 20.2 Å². The van der Waals surface area contributed by atoms with E-state index in [2.05, 4.69) is 10.3 Å². The van der Waals surface area contributed by atoms with Gasteiger partial charge in [-0.3, -0.25) is 14.6 Å². The van der Waals surface area contributed by atoms with Gasteiger partial charge in [-0.25, -0.2) is 14.8 Å². The number of carbonyl (C=O) groups is 3. The lowest BCUT2D eigenvalue weighted by Crippen LogP contribution is -2.76. The smallest absolute Gasteiger partial charge is 0.334 e. The molecule has 0 saturated carbocycles. The van der Waals surface area contributed by atoms with E-state index < -0.39 is 12.2 Å². The number of urea groups is 1. The molecule has 3 aromatic carbocycles. The fourth-order valence-electron chi connectivity index (χ4n) is 6.13. The zero-order chi connectivity index (χ0) is 31.3. The summed E-state index contributed by atoms with van der Waals surface area (Å²) in [5, 5.41) is 17.2. The Kier molecular flexibility index (Phi) is 8.74. The Balaban J connectivity index is 1.37. The highest BCUT2D eigenvalue weighted by Gasteiger charge is 2.51. The topological polar surface area (TPSA) is 109 Å². The number of benzene rings is 3. The maximum absolute atomic E-state index is 14.3. The molecule has 3 heterocycles. The van der Waals surface area contributed by atoms with Crippen LogP contribution in [0.1, 0.15) is 23.6 Å². The van der Waals surface area contributed by atoms with Gasteiger partial charge in [-0.05, 0) is 41.8 Å². The van der Waals surface area contributed by atoms with Crippen molar-refractivity contribution in [2.24, 2.45) is 0 Å². The number of fused-ring (bicyclic) bond motifs is 2. The second kappa shape index (κ2) is 13.2. The number of aromatic hydroxyl groups is 1. The fraction of sp³-hybridized carbons (Fsp3) is 0.257. The van der Waals surface area contributed by atoms with Crippen LogP contribution >= 0.6 is 0 Å². The molecule has 0 unspecified atom stereocenters. The number of amides is 4. The number of hydrogen-bond donors (Lipinski definition) is 2. The van der Waals surface area contributed by atoms with Crippen LogP contribution in [0.15, 0.2) is 103 Å². The first-order chi connectivity index (χ1) is 21.9. The van der Waals surface area contributed by atoms with Crippen LogP contribution in [0, 0.1) is 0 Å². The molecule has 45 heavy (non-hydrogen) atoms. The molecule has 0 bridgehead atoms. The lowest BCUT2D eigenvalue weighted by molar-refractivity contribution is -0.189. The average Bonchev–Trinajstić information content (AvgIpc) is 3.06. The first kappa shape index (κ1) is 29.8.